The first-order chi connectivity index (χ1) is 19.9. The molecule has 0 spiro atoms. The molecule has 1 aliphatic heterocycles. The lowest BCUT2D eigenvalue weighted by atomic mass is 9.93. The number of likely N-dealkylation sites (tertiary alicyclic amines) is 1. The number of carbonyl (C=O) groups is 2. The Morgan fingerprint density at radius 2 is 1.73 bits per heavy atom. The van der Waals surface area contributed by atoms with E-state index < -0.39 is 17.7 Å². The van der Waals surface area contributed by atoms with E-state index in [4.69, 9.17) is 9.47 Å². The molecular formula is C33H30N2O6. The number of aryl methyl sites for hydroxylation is 1. The zero-order valence-electron chi connectivity index (χ0n) is 22.8. The topological polar surface area (TPSA) is 109 Å². The van der Waals surface area contributed by atoms with Gasteiger partial charge in [0.2, 0.25) is 0 Å². The number of phenolic OH excluding ortho intramolecular Hbond substituents is 1. The van der Waals surface area contributed by atoms with Crippen LogP contribution < -0.4 is 9.47 Å². The fourth-order valence-corrected chi connectivity index (χ4v) is 4.93. The molecule has 2 N–H and O–H groups in total. The van der Waals surface area contributed by atoms with Gasteiger partial charge in [-0.2, -0.15) is 0 Å². The maximum absolute atomic E-state index is 13.5. The van der Waals surface area contributed by atoms with Gasteiger partial charge >= 0.3 is 0 Å². The summed E-state index contributed by atoms with van der Waals surface area (Å²) in [6, 6.07) is 22.2. The summed E-state index contributed by atoms with van der Waals surface area (Å²) in [6.07, 6.45) is 3.25. The molecule has 3 aromatic carbocycles. The number of Topliss-reactive ketones (excluding diaryl/α,β-unsaturated/α-hetero) is 1. The van der Waals surface area contributed by atoms with Crippen LogP contribution in [0.1, 0.15) is 40.8 Å². The van der Waals surface area contributed by atoms with Gasteiger partial charge in [-0.15, -0.1) is 0 Å². The Bertz CT molecular complexity index is 1600. The number of carbonyl (C=O) groups excluding carboxylic acids is 2. The normalized spacial score (nSPS) is 16.1. The number of aliphatic hydroxyl groups excluding tert-OH is 1. The molecule has 0 saturated carbocycles. The number of nitrogens with zero attached hydrogens (tertiary/aromatic N) is 2. The van der Waals surface area contributed by atoms with Crippen LogP contribution in [0.2, 0.25) is 0 Å². The largest absolute Gasteiger partial charge is 0.507 e. The first kappa shape index (κ1) is 27.5. The minimum absolute atomic E-state index is 0.0481. The summed E-state index contributed by atoms with van der Waals surface area (Å²) in [6.45, 7) is 4.38. The third-order valence-electron chi connectivity index (χ3n) is 6.92. The van der Waals surface area contributed by atoms with Crippen LogP contribution in [0, 0.1) is 6.92 Å². The minimum Gasteiger partial charge on any atom is -0.507 e. The molecule has 0 bridgehead atoms. The Labute approximate surface area is 238 Å². The van der Waals surface area contributed by atoms with Crippen molar-refractivity contribution in [3.05, 3.63) is 125 Å². The summed E-state index contributed by atoms with van der Waals surface area (Å²) in [4.78, 5) is 32.4. The highest BCUT2D eigenvalue weighted by molar-refractivity contribution is 6.46. The van der Waals surface area contributed by atoms with Crippen molar-refractivity contribution in [2.45, 2.75) is 33.0 Å². The first-order valence-electron chi connectivity index (χ1n) is 13.3. The van der Waals surface area contributed by atoms with Crippen molar-refractivity contribution < 1.29 is 29.3 Å². The number of phenols is 1. The van der Waals surface area contributed by atoms with Crippen molar-refractivity contribution in [1.82, 2.24) is 9.88 Å². The monoisotopic (exact) mass is 550 g/mol. The lowest BCUT2D eigenvalue weighted by Crippen LogP contribution is -2.29. The van der Waals surface area contributed by atoms with Crippen molar-refractivity contribution in [2.75, 3.05) is 6.61 Å². The number of amides is 1. The Hall–Kier alpha value is -5.11. The molecule has 1 amide bonds. The van der Waals surface area contributed by atoms with Crippen molar-refractivity contribution in [2.24, 2.45) is 0 Å². The van der Waals surface area contributed by atoms with Gasteiger partial charge in [0.1, 0.15) is 18.1 Å². The maximum atomic E-state index is 13.5. The van der Waals surface area contributed by atoms with Crippen molar-refractivity contribution in [3.8, 4) is 17.2 Å². The molecule has 1 unspecified atom stereocenters. The number of ether oxygens (including phenoxy) is 2. The molecule has 1 fully saturated rings. The number of hydrogen-bond donors (Lipinski definition) is 2. The number of aromatic hydroxyl groups is 1. The second-order valence-corrected chi connectivity index (χ2v) is 9.70. The van der Waals surface area contributed by atoms with Crippen molar-refractivity contribution in [3.63, 3.8) is 0 Å². The molecule has 8 nitrogen and oxygen atoms in total. The molecule has 5 rings (SSSR count). The number of rotatable bonds is 9. The van der Waals surface area contributed by atoms with Crippen LogP contribution in [-0.2, 0) is 22.7 Å². The van der Waals surface area contributed by atoms with Crippen LogP contribution in [0.15, 0.2) is 96.8 Å². The Kier molecular flexibility index (Phi) is 8.01. The molecule has 0 radical (unpaired) electrons. The summed E-state index contributed by atoms with van der Waals surface area (Å²) in [5, 5.41) is 21.9. The molecule has 1 saturated heterocycles. The van der Waals surface area contributed by atoms with Crippen molar-refractivity contribution >= 4 is 17.4 Å². The van der Waals surface area contributed by atoms with Gasteiger partial charge in [-0.05, 0) is 72.5 Å². The van der Waals surface area contributed by atoms with Gasteiger partial charge in [0, 0.05) is 24.5 Å². The highest BCUT2D eigenvalue weighted by atomic mass is 16.5. The molecule has 1 aliphatic rings. The van der Waals surface area contributed by atoms with E-state index in [0.29, 0.717) is 35.7 Å². The second-order valence-electron chi connectivity index (χ2n) is 9.70. The van der Waals surface area contributed by atoms with Gasteiger partial charge in [-0.1, -0.05) is 42.5 Å². The van der Waals surface area contributed by atoms with Gasteiger partial charge in [-0.3, -0.25) is 14.6 Å². The number of hydrogen-bond acceptors (Lipinski definition) is 7. The van der Waals surface area contributed by atoms with Crippen LogP contribution in [-0.4, -0.2) is 38.4 Å². The molecule has 4 aromatic rings. The van der Waals surface area contributed by atoms with E-state index in [2.05, 4.69) is 4.98 Å². The third kappa shape index (κ3) is 5.77. The number of pyridine rings is 1. The zero-order valence-corrected chi connectivity index (χ0v) is 22.8. The van der Waals surface area contributed by atoms with E-state index in [1.807, 2.05) is 36.4 Å². The predicted octanol–water partition coefficient (Wildman–Crippen LogP) is 5.70. The molecule has 2 heterocycles. The van der Waals surface area contributed by atoms with Gasteiger partial charge in [0.05, 0.1) is 18.2 Å². The number of benzene rings is 3. The average molecular weight is 551 g/mol. The van der Waals surface area contributed by atoms with Crippen LogP contribution in [0.25, 0.3) is 5.76 Å². The smallest absolute Gasteiger partial charge is 0.295 e. The summed E-state index contributed by atoms with van der Waals surface area (Å²) in [7, 11) is 0. The Morgan fingerprint density at radius 1 is 0.951 bits per heavy atom. The van der Waals surface area contributed by atoms with E-state index >= 15 is 0 Å². The van der Waals surface area contributed by atoms with E-state index in [0.717, 1.165) is 11.1 Å². The van der Waals surface area contributed by atoms with Gasteiger partial charge < -0.3 is 24.6 Å². The van der Waals surface area contributed by atoms with E-state index in [1.54, 1.807) is 62.6 Å². The molecule has 208 valence electrons. The minimum atomic E-state index is -0.927. The third-order valence-corrected chi connectivity index (χ3v) is 6.92. The van der Waals surface area contributed by atoms with Gasteiger partial charge in [0.15, 0.2) is 11.5 Å². The van der Waals surface area contributed by atoms with Crippen LogP contribution >= 0.6 is 0 Å². The molecule has 1 aromatic heterocycles. The van der Waals surface area contributed by atoms with E-state index in [9.17, 15) is 19.8 Å². The molecule has 8 heteroatoms. The lowest BCUT2D eigenvalue weighted by Gasteiger charge is -2.26. The lowest BCUT2D eigenvalue weighted by molar-refractivity contribution is -0.140. The maximum Gasteiger partial charge on any atom is 0.295 e. The molecule has 41 heavy (non-hydrogen) atoms. The fraction of sp³-hybridized carbons (Fsp3) is 0.182. The van der Waals surface area contributed by atoms with Gasteiger partial charge in [-0.25, -0.2) is 0 Å². The number of aliphatic hydroxyl groups is 1. The highest BCUT2D eigenvalue weighted by Crippen LogP contribution is 2.43. The molecule has 1 atom stereocenters. The number of ketones is 1. The second kappa shape index (κ2) is 12.0. The van der Waals surface area contributed by atoms with Crippen LogP contribution in [0.3, 0.4) is 0 Å². The highest BCUT2D eigenvalue weighted by Gasteiger charge is 2.46. The molecular weight excluding hydrogens is 520 g/mol. The first-order valence-corrected chi connectivity index (χ1v) is 13.3. The number of aromatic nitrogens is 1. The Balaban J connectivity index is 1.55. The van der Waals surface area contributed by atoms with Crippen LogP contribution in [0.4, 0.5) is 0 Å². The summed E-state index contributed by atoms with van der Waals surface area (Å²) >= 11 is 0. The summed E-state index contributed by atoms with van der Waals surface area (Å²) in [5.41, 5.74) is 3.28. The average Bonchev–Trinajstić information content (AvgIpc) is 3.23. The predicted molar refractivity (Wildman–Crippen MR) is 153 cm³/mol. The quantitative estimate of drug-likeness (QED) is 0.156. The molecule has 0 aliphatic carbocycles. The van der Waals surface area contributed by atoms with Gasteiger partial charge in [0.25, 0.3) is 11.7 Å². The van der Waals surface area contributed by atoms with Crippen molar-refractivity contribution in [1.29, 1.82) is 0 Å². The van der Waals surface area contributed by atoms with E-state index in [-0.39, 0.29) is 29.4 Å². The Morgan fingerprint density at radius 3 is 2.44 bits per heavy atom. The standard InChI is InChI=1S/C33H30N2O6/c1-3-40-28-17-24(11-14-27(28)36)30-29(32(38)33(39)35(30)19-23-10-7-15-34-18-23)31(37)26-13-12-25(16-21(26)2)41-20-22-8-5-4-6-9-22/h4-18,30,36-37H,3,19-20H2,1-2H3. The van der Waals surface area contributed by atoms with Crippen LogP contribution in [0.5, 0.6) is 17.2 Å². The van der Waals surface area contributed by atoms with E-state index in [1.165, 1.54) is 11.0 Å². The zero-order chi connectivity index (χ0) is 28.9. The SMILES string of the molecule is CCOc1cc(C2C(=C(O)c3ccc(OCc4ccccc4)cc3C)C(=O)C(=O)N2Cc2cccnc2)ccc1O. The summed E-state index contributed by atoms with van der Waals surface area (Å²) in [5.74, 6) is -1.08. The fourth-order valence-electron chi connectivity index (χ4n) is 4.93. The summed E-state index contributed by atoms with van der Waals surface area (Å²) < 4.78 is 11.5.